The molecule has 0 atom stereocenters. The maximum absolute atomic E-state index is 12.2. The summed E-state index contributed by atoms with van der Waals surface area (Å²) in [4.78, 5) is 33.9. The molecule has 8 heteroatoms. The van der Waals surface area contributed by atoms with Gasteiger partial charge in [0.2, 0.25) is 5.91 Å². The summed E-state index contributed by atoms with van der Waals surface area (Å²) < 4.78 is 5.11. The SMILES string of the molecule is CCOC(=O)c1ccc2c(C(=Nc3ccc(CN4CCNC(=O)C4)cc3)c3ccccc3)c(O)[nH]c2c1. The van der Waals surface area contributed by atoms with Crippen LogP contribution in [0.4, 0.5) is 5.69 Å². The van der Waals surface area contributed by atoms with Crippen LogP contribution in [-0.4, -0.2) is 58.8 Å². The van der Waals surface area contributed by atoms with Crippen LogP contribution in [0.3, 0.4) is 0 Å². The van der Waals surface area contributed by atoms with Crippen molar-refractivity contribution in [2.24, 2.45) is 4.99 Å². The van der Waals surface area contributed by atoms with E-state index in [4.69, 9.17) is 9.73 Å². The molecule has 188 valence electrons. The highest BCUT2D eigenvalue weighted by Crippen LogP contribution is 2.32. The Labute approximate surface area is 214 Å². The van der Waals surface area contributed by atoms with Crippen molar-refractivity contribution in [3.05, 3.63) is 95.1 Å². The molecule has 1 aliphatic heterocycles. The zero-order valence-electron chi connectivity index (χ0n) is 20.5. The number of hydrogen-bond acceptors (Lipinski definition) is 6. The number of aromatic amines is 1. The van der Waals surface area contributed by atoms with Crippen molar-refractivity contribution in [1.82, 2.24) is 15.2 Å². The molecule has 37 heavy (non-hydrogen) atoms. The second-order valence-electron chi connectivity index (χ2n) is 8.88. The predicted octanol–water partition coefficient (Wildman–Crippen LogP) is 4.15. The first-order valence-corrected chi connectivity index (χ1v) is 12.3. The summed E-state index contributed by atoms with van der Waals surface area (Å²) >= 11 is 0. The molecule has 1 aliphatic rings. The fourth-order valence-corrected chi connectivity index (χ4v) is 4.51. The number of ether oxygens (including phenoxy) is 1. The van der Waals surface area contributed by atoms with Crippen LogP contribution >= 0.6 is 0 Å². The number of carbonyl (C=O) groups is 2. The van der Waals surface area contributed by atoms with Gasteiger partial charge in [0, 0.05) is 36.1 Å². The van der Waals surface area contributed by atoms with Crippen molar-refractivity contribution < 1.29 is 19.4 Å². The van der Waals surface area contributed by atoms with Gasteiger partial charge in [-0.25, -0.2) is 9.79 Å². The molecule has 0 saturated carbocycles. The molecule has 0 bridgehead atoms. The number of H-pyrrole nitrogens is 1. The third kappa shape index (κ3) is 5.39. The van der Waals surface area contributed by atoms with Crippen molar-refractivity contribution in [1.29, 1.82) is 0 Å². The van der Waals surface area contributed by atoms with Crippen molar-refractivity contribution >= 4 is 34.2 Å². The van der Waals surface area contributed by atoms with Crippen molar-refractivity contribution in [3.63, 3.8) is 0 Å². The number of carbonyl (C=O) groups excluding carboxylic acids is 2. The van der Waals surface area contributed by atoms with Gasteiger partial charge in [0.15, 0.2) is 5.88 Å². The molecule has 1 aromatic heterocycles. The minimum atomic E-state index is -0.415. The normalized spacial score (nSPS) is 14.5. The number of fused-ring (bicyclic) bond motifs is 1. The molecule has 1 fully saturated rings. The van der Waals surface area contributed by atoms with Crippen molar-refractivity contribution in [3.8, 4) is 5.88 Å². The molecule has 3 N–H and O–H groups in total. The number of aromatic nitrogens is 1. The van der Waals surface area contributed by atoms with Crippen LogP contribution < -0.4 is 5.32 Å². The van der Waals surface area contributed by atoms with Gasteiger partial charge < -0.3 is 20.1 Å². The molecule has 8 nitrogen and oxygen atoms in total. The molecule has 0 unspecified atom stereocenters. The number of nitrogens with zero attached hydrogens (tertiary/aromatic N) is 2. The van der Waals surface area contributed by atoms with Crippen molar-refractivity contribution in [2.75, 3.05) is 26.2 Å². The lowest BCUT2D eigenvalue weighted by Crippen LogP contribution is -2.47. The molecule has 0 aliphatic carbocycles. The summed E-state index contributed by atoms with van der Waals surface area (Å²) in [6.07, 6.45) is 0. The summed E-state index contributed by atoms with van der Waals surface area (Å²) in [6.45, 7) is 4.62. The minimum Gasteiger partial charge on any atom is -0.494 e. The van der Waals surface area contributed by atoms with E-state index in [2.05, 4.69) is 15.2 Å². The maximum atomic E-state index is 12.2. The Morgan fingerprint density at radius 3 is 2.57 bits per heavy atom. The van der Waals surface area contributed by atoms with Crippen molar-refractivity contribution in [2.45, 2.75) is 13.5 Å². The Balaban J connectivity index is 1.51. The lowest BCUT2D eigenvalue weighted by Gasteiger charge is -2.26. The van der Waals surface area contributed by atoms with Gasteiger partial charge in [0.1, 0.15) is 0 Å². The van der Waals surface area contributed by atoms with Crippen LogP contribution in [0, 0.1) is 0 Å². The first-order valence-electron chi connectivity index (χ1n) is 12.3. The second kappa shape index (κ2) is 10.7. The molecule has 0 spiro atoms. The molecule has 0 radical (unpaired) electrons. The van der Waals surface area contributed by atoms with Gasteiger partial charge >= 0.3 is 5.97 Å². The van der Waals surface area contributed by atoms with Gasteiger partial charge in [-0.05, 0) is 36.8 Å². The van der Waals surface area contributed by atoms with E-state index >= 15 is 0 Å². The molecule has 3 aromatic carbocycles. The fourth-order valence-electron chi connectivity index (χ4n) is 4.51. The van der Waals surface area contributed by atoms with Crippen LogP contribution in [0.5, 0.6) is 5.88 Å². The average Bonchev–Trinajstić information content (AvgIpc) is 3.23. The highest BCUT2D eigenvalue weighted by atomic mass is 16.5. The zero-order chi connectivity index (χ0) is 25.8. The lowest BCUT2D eigenvalue weighted by molar-refractivity contribution is -0.124. The number of rotatable bonds is 7. The second-order valence-corrected chi connectivity index (χ2v) is 8.88. The zero-order valence-corrected chi connectivity index (χ0v) is 20.5. The van der Waals surface area contributed by atoms with Crippen LogP contribution in [0.1, 0.15) is 34.0 Å². The first kappa shape index (κ1) is 24.3. The highest BCUT2D eigenvalue weighted by molar-refractivity contribution is 6.22. The Morgan fingerprint density at radius 1 is 1.05 bits per heavy atom. The summed E-state index contributed by atoms with van der Waals surface area (Å²) in [7, 11) is 0. The van der Waals surface area contributed by atoms with E-state index in [0.29, 0.717) is 42.0 Å². The number of aliphatic imine (C=N–C) groups is 1. The van der Waals surface area contributed by atoms with E-state index in [9.17, 15) is 14.7 Å². The number of aromatic hydroxyl groups is 1. The van der Waals surface area contributed by atoms with Crippen LogP contribution in [0.25, 0.3) is 10.9 Å². The van der Waals surface area contributed by atoms with E-state index in [1.165, 1.54) is 0 Å². The summed E-state index contributed by atoms with van der Waals surface area (Å²) in [5.74, 6) is -0.395. The van der Waals surface area contributed by atoms with Crippen LogP contribution in [-0.2, 0) is 16.1 Å². The monoisotopic (exact) mass is 496 g/mol. The lowest BCUT2D eigenvalue weighted by atomic mass is 10.00. The largest absolute Gasteiger partial charge is 0.494 e. The maximum Gasteiger partial charge on any atom is 0.338 e. The van der Waals surface area contributed by atoms with E-state index in [0.717, 1.165) is 28.7 Å². The Hall–Kier alpha value is -4.43. The first-order chi connectivity index (χ1) is 18.0. The third-order valence-corrected chi connectivity index (χ3v) is 6.27. The van der Waals surface area contributed by atoms with E-state index in [1.807, 2.05) is 54.6 Å². The quantitative estimate of drug-likeness (QED) is 0.263. The van der Waals surface area contributed by atoms with Gasteiger partial charge in [0.25, 0.3) is 0 Å². The number of hydrogen-bond donors (Lipinski definition) is 3. The summed E-state index contributed by atoms with van der Waals surface area (Å²) in [6, 6.07) is 22.7. The van der Waals surface area contributed by atoms with Gasteiger partial charge in [-0.1, -0.05) is 48.5 Å². The van der Waals surface area contributed by atoms with Crippen LogP contribution in [0.15, 0.2) is 77.8 Å². The minimum absolute atomic E-state index is 0.0291. The topological polar surface area (TPSA) is 107 Å². The Bertz CT molecular complexity index is 1460. The van der Waals surface area contributed by atoms with Gasteiger partial charge in [-0.2, -0.15) is 0 Å². The van der Waals surface area contributed by atoms with Crippen LogP contribution in [0.2, 0.25) is 0 Å². The molecule has 4 aromatic rings. The molecular weight excluding hydrogens is 468 g/mol. The number of benzene rings is 3. The van der Waals surface area contributed by atoms with E-state index < -0.39 is 5.97 Å². The average molecular weight is 497 g/mol. The smallest absolute Gasteiger partial charge is 0.338 e. The molecule has 2 heterocycles. The van der Waals surface area contributed by atoms with Gasteiger partial charge in [0.05, 0.1) is 35.7 Å². The Kier molecular flexibility index (Phi) is 7.00. The standard InChI is InChI=1S/C29H28N4O4/c1-2-37-29(36)21-10-13-23-24(16-21)32-28(35)26(23)27(20-6-4-3-5-7-20)31-22-11-8-19(9-12-22)17-33-15-14-30-25(34)18-33/h3-13,16,32,35H,2,14-15,17-18H2,1H3,(H,30,34). The fraction of sp³-hybridized carbons (Fsp3) is 0.207. The summed E-state index contributed by atoms with van der Waals surface area (Å²) in [5, 5.41) is 14.5. The van der Waals surface area contributed by atoms with E-state index in [1.54, 1.807) is 25.1 Å². The third-order valence-electron chi connectivity index (χ3n) is 6.27. The van der Waals surface area contributed by atoms with E-state index in [-0.39, 0.29) is 18.4 Å². The molecule has 1 amide bonds. The number of piperazine rings is 1. The number of nitrogens with one attached hydrogen (secondary N) is 2. The van der Waals surface area contributed by atoms with Gasteiger partial charge in [-0.3, -0.25) is 9.69 Å². The molecular formula is C29H28N4O4. The molecule has 1 saturated heterocycles. The highest BCUT2D eigenvalue weighted by Gasteiger charge is 2.20. The van der Waals surface area contributed by atoms with Gasteiger partial charge in [-0.15, -0.1) is 0 Å². The predicted molar refractivity (Wildman–Crippen MR) is 142 cm³/mol. The number of esters is 1. The number of amides is 1. The molecule has 5 rings (SSSR count). The summed E-state index contributed by atoms with van der Waals surface area (Å²) in [5.41, 5.74) is 4.85. The Morgan fingerprint density at radius 2 is 1.84 bits per heavy atom.